The SMILES string of the molecule is C=CC(=O)Nc1ccc2ncn(-c3cncc(Cc4ccccc4C)n3)c2c1. The first-order valence-electron chi connectivity index (χ1n) is 8.90. The highest BCUT2D eigenvalue weighted by Gasteiger charge is 2.10. The summed E-state index contributed by atoms with van der Waals surface area (Å²) in [5, 5.41) is 2.77. The molecule has 6 nitrogen and oxygen atoms in total. The summed E-state index contributed by atoms with van der Waals surface area (Å²) in [5.41, 5.74) is 5.64. The van der Waals surface area contributed by atoms with Crippen molar-refractivity contribution in [3.05, 3.63) is 90.7 Å². The van der Waals surface area contributed by atoms with Crippen molar-refractivity contribution < 1.29 is 4.79 Å². The van der Waals surface area contributed by atoms with E-state index in [9.17, 15) is 4.79 Å². The smallest absolute Gasteiger partial charge is 0.247 e. The van der Waals surface area contributed by atoms with Crippen molar-refractivity contribution in [3.8, 4) is 5.82 Å². The highest BCUT2D eigenvalue weighted by molar-refractivity contribution is 6.00. The minimum atomic E-state index is -0.259. The van der Waals surface area contributed by atoms with Crippen LogP contribution in [0, 0.1) is 6.92 Å². The number of carbonyl (C=O) groups excluding carboxylic acids is 1. The molecular weight excluding hydrogens is 350 g/mol. The fourth-order valence-corrected chi connectivity index (χ4v) is 3.06. The third-order valence-corrected chi connectivity index (χ3v) is 4.55. The Bertz CT molecular complexity index is 1180. The van der Waals surface area contributed by atoms with E-state index in [-0.39, 0.29) is 5.91 Å². The van der Waals surface area contributed by atoms with Gasteiger partial charge in [-0.3, -0.25) is 14.3 Å². The van der Waals surface area contributed by atoms with E-state index in [1.807, 2.05) is 28.8 Å². The molecule has 0 saturated carbocycles. The zero-order valence-electron chi connectivity index (χ0n) is 15.5. The van der Waals surface area contributed by atoms with Crippen LogP contribution in [0.25, 0.3) is 16.9 Å². The first-order valence-corrected chi connectivity index (χ1v) is 8.90. The average Bonchev–Trinajstić information content (AvgIpc) is 3.13. The summed E-state index contributed by atoms with van der Waals surface area (Å²) in [4.78, 5) is 25.1. The van der Waals surface area contributed by atoms with Gasteiger partial charge in [0.25, 0.3) is 0 Å². The number of nitrogens with zero attached hydrogens (tertiary/aromatic N) is 4. The summed E-state index contributed by atoms with van der Waals surface area (Å²) >= 11 is 0. The molecule has 2 heterocycles. The van der Waals surface area contributed by atoms with Crippen LogP contribution in [0.15, 0.2) is 73.8 Å². The number of hydrogen-bond acceptors (Lipinski definition) is 4. The molecule has 6 heteroatoms. The van der Waals surface area contributed by atoms with Crippen molar-refractivity contribution in [2.75, 3.05) is 5.32 Å². The number of imidazole rings is 1. The fourth-order valence-electron chi connectivity index (χ4n) is 3.06. The Hall–Kier alpha value is -3.80. The van der Waals surface area contributed by atoms with Gasteiger partial charge in [0.15, 0.2) is 5.82 Å². The van der Waals surface area contributed by atoms with E-state index in [0.29, 0.717) is 17.9 Å². The minimum Gasteiger partial charge on any atom is -0.322 e. The van der Waals surface area contributed by atoms with Crippen molar-refractivity contribution in [2.24, 2.45) is 0 Å². The second kappa shape index (κ2) is 7.44. The molecule has 0 saturated heterocycles. The first-order chi connectivity index (χ1) is 13.6. The number of anilines is 1. The Kier molecular flexibility index (Phi) is 4.68. The molecule has 0 unspecified atom stereocenters. The van der Waals surface area contributed by atoms with E-state index in [2.05, 4.69) is 40.9 Å². The maximum atomic E-state index is 11.6. The molecule has 1 N–H and O–H groups in total. The molecule has 0 aliphatic carbocycles. The van der Waals surface area contributed by atoms with E-state index in [4.69, 9.17) is 4.98 Å². The van der Waals surface area contributed by atoms with Crippen LogP contribution in [0.2, 0.25) is 0 Å². The predicted octanol–water partition coefficient (Wildman–Crippen LogP) is 3.84. The topological polar surface area (TPSA) is 72.7 Å². The summed E-state index contributed by atoms with van der Waals surface area (Å²) in [7, 11) is 0. The van der Waals surface area contributed by atoms with Crippen LogP contribution in [0.3, 0.4) is 0 Å². The molecule has 0 spiro atoms. The number of hydrogen-bond donors (Lipinski definition) is 1. The number of rotatable bonds is 5. The van der Waals surface area contributed by atoms with Crippen molar-refractivity contribution in [1.29, 1.82) is 0 Å². The largest absolute Gasteiger partial charge is 0.322 e. The first kappa shape index (κ1) is 17.6. The lowest BCUT2D eigenvalue weighted by Gasteiger charge is -2.08. The Morgan fingerprint density at radius 3 is 2.89 bits per heavy atom. The van der Waals surface area contributed by atoms with Gasteiger partial charge in [-0.2, -0.15) is 0 Å². The number of benzene rings is 2. The van der Waals surface area contributed by atoms with Crippen LogP contribution in [0.5, 0.6) is 0 Å². The number of amides is 1. The van der Waals surface area contributed by atoms with Gasteiger partial charge in [-0.1, -0.05) is 30.8 Å². The Morgan fingerprint density at radius 2 is 2.07 bits per heavy atom. The lowest BCUT2D eigenvalue weighted by atomic mass is 10.0. The van der Waals surface area contributed by atoms with E-state index in [0.717, 1.165) is 16.7 Å². The highest BCUT2D eigenvalue weighted by Crippen LogP contribution is 2.21. The van der Waals surface area contributed by atoms with E-state index >= 15 is 0 Å². The van der Waals surface area contributed by atoms with Gasteiger partial charge >= 0.3 is 0 Å². The van der Waals surface area contributed by atoms with Crippen molar-refractivity contribution >= 4 is 22.6 Å². The molecule has 28 heavy (non-hydrogen) atoms. The summed E-state index contributed by atoms with van der Waals surface area (Å²) in [5.74, 6) is 0.422. The van der Waals surface area contributed by atoms with E-state index in [1.165, 1.54) is 17.2 Å². The predicted molar refractivity (Wildman–Crippen MR) is 109 cm³/mol. The van der Waals surface area contributed by atoms with Gasteiger partial charge in [0, 0.05) is 18.3 Å². The quantitative estimate of drug-likeness (QED) is 0.543. The third kappa shape index (κ3) is 3.53. The highest BCUT2D eigenvalue weighted by atomic mass is 16.1. The molecule has 1 amide bonds. The van der Waals surface area contributed by atoms with Gasteiger partial charge in [-0.15, -0.1) is 0 Å². The molecule has 0 atom stereocenters. The molecule has 2 aromatic heterocycles. The Labute approximate surface area is 162 Å². The summed E-state index contributed by atoms with van der Waals surface area (Å²) in [6.45, 7) is 5.57. The van der Waals surface area contributed by atoms with Gasteiger partial charge in [0.2, 0.25) is 5.91 Å². The van der Waals surface area contributed by atoms with Gasteiger partial charge in [0.05, 0.1) is 22.9 Å². The lowest BCUT2D eigenvalue weighted by molar-refractivity contribution is -0.111. The maximum Gasteiger partial charge on any atom is 0.247 e. The molecule has 2 aromatic carbocycles. The molecular formula is C22H19N5O. The van der Waals surface area contributed by atoms with Crippen LogP contribution in [-0.2, 0) is 11.2 Å². The number of fused-ring (bicyclic) bond motifs is 1. The standard InChI is InChI=1S/C22H19N5O/c1-3-22(28)26-17-8-9-19-20(11-17)27(14-24-19)21-13-23-12-18(25-21)10-16-7-5-4-6-15(16)2/h3-9,11-14H,1,10H2,2H3,(H,26,28). The van der Waals surface area contributed by atoms with Crippen LogP contribution in [0.4, 0.5) is 5.69 Å². The normalized spacial score (nSPS) is 10.8. The van der Waals surface area contributed by atoms with Crippen molar-refractivity contribution in [2.45, 2.75) is 13.3 Å². The number of aryl methyl sites for hydroxylation is 1. The van der Waals surface area contributed by atoms with Crippen LogP contribution in [0.1, 0.15) is 16.8 Å². The van der Waals surface area contributed by atoms with E-state index < -0.39 is 0 Å². The zero-order chi connectivity index (χ0) is 19.5. The zero-order valence-corrected chi connectivity index (χ0v) is 15.5. The van der Waals surface area contributed by atoms with Crippen molar-refractivity contribution in [1.82, 2.24) is 19.5 Å². The molecule has 0 aliphatic rings. The summed E-state index contributed by atoms with van der Waals surface area (Å²) in [6.07, 6.45) is 7.15. The second-order valence-corrected chi connectivity index (χ2v) is 6.48. The molecule has 0 radical (unpaired) electrons. The number of carbonyl (C=O) groups is 1. The molecule has 138 valence electrons. The molecule has 0 bridgehead atoms. The van der Waals surface area contributed by atoms with Gasteiger partial charge in [0.1, 0.15) is 6.33 Å². The van der Waals surface area contributed by atoms with Crippen molar-refractivity contribution in [3.63, 3.8) is 0 Å². The van der Waals surface area contributed by atoms with Gasteiger partial charge in [-0.05, 0) is 42.3 Å². The average molecular weight is 369 g/mol. The Morgan fingerprint density at radius 1 is 1.21 bits per heavy atom. The number of aromatic nitrogens is 4. The van der Waals surface area contributed by atoms with Crippen LogP contribution < -0.4 is 5.32 Å². The molecule has 4 rings (SSSR count). The number of nitrogens with one attached hydrogen (secondary N) is 1. The third-order valence-electron chi connectivity index (χ3n) is 4.55. The van der Waals surface area contributed by atoms with Crippen LogP contribution in [-0.4, -0.2) is 25.4 Å². The van der Waals surface area contributed by atoms with E-state index in [1.54, 1.807) is 24.8 Å². The maximum absolute atomic E-state index is 11.6. The van der Waals surface area contributed by atoms with Gasteiger partial charge in [-0.25, -0.2) is 9.97 Å². The molecule has 4 aromatic rings. The van der Waals surface area contributed by atoms with Crippen LogP contribution >= 0.6 is 0 Å². The molecule has 0 fully saturated rings. The summed E-state index contributed by atoms with van der Waals surface area (Å²) in [6, 6.07) is 13.8. The summed E-state index contributed by atoms with van der Waals surface area (Å²) < 4.78 is 1.87. The fraction of sp³-hybridized carbons (Fsp3) is 0.0909. The minimum absolute atomic E-state index is 0.259. The Balaban J connectivity index is 1.70. The second-order valence-electron chi connectivity index (χ2n) is 6.48. The molecule has 0 aliphatic heterocycles. The lowest BCUT2D eigenvalue weighted by Crippen LogP contribution is -2.07. The monoisotopic (exact) mass is 369 g/mol. The van der Waals surface area contributed by atoms with Gasteiger partial charge < -0.3 is 5.32 Å².